The van der Waals surface area contributed by atoms with Crippen molar-refractivity contribution < 1.29 is 14.1 Å². The van der Waals surface area contributed by atoms with Gasteiger partial charge in [0.15, 0.2) is 5.82 Å². The molecule has 0 N–H and O–H groups in total. The van der Waals surface area contributed by atoms with Crippen LogP contribution in [-0.4, -0.2) is 39.6 Å². The predicted molar refractivity (Wildman–Crippen MR) is 93.3 cm³/mol. The number of carbonyl (C=O) groups excluding carboxylic acids is 1. The fourth-order valence-electron chi connectivity index (χ4n) is 3.13. The smallest absolute Gasteiger partial charge is 0.276 e. The maximum absolute atomic E-state index is 12.4. The van der Waals surface area contributed by atoms with Gasteiger partial charge in [-0.1, -0.05) is 29.4 Å². The van der Waals surface area contributed by atoms with E-state index in [9.17, 15) is 4.79 Å². The third-order valence-corrected chi connectivity index (χ3v) is 4.46. The number of carbonyl (C=O) groups is 1. The van der Waals surface area contributed by atoms with E-state index in [2.05, 4.69) is 15.1 Å². The number of amides is 1. The summed E-state index contributed by atoms with van der Waals surface area (Å²) in [7, 11) is 1.63. The molecule has 4 rings (SSSR count). The molecule has 7 heteroatoms. The molecule has 0 radical (unpaired) electrons. The van der Waals surface area contributed by atoms with Crippen LogP contribution in [0.2, 0.25) is 0 Å². The van der Waals surface area contributed by atoms with Crippen LogP contribution in [0.4, 0.5) is 0 Å². The first-order valence-corrected chi connectivity index (χ1v) is 8.39. The molecule has 26 heavy (non-hydrogen) atoms. The van der Waals surface area contributed by atoms with Crippen LogP contribution < -0.4 is 4.74 Å². The topological polar surface area (TPSA) is 81.3 Å². The van der Waals surface area contributed by atoms with Crippen molar-refractivity contribution in [2.75, 3.05) is 13.7 Å². The third-order valence-electron chi connectivity index (χ3n) is 4.46. The average Bonchev–Trinajstić information content (AvgIpc) is 3.30. The zero-order chi connectivity index (χ0) is 17.9. The molecule has 0 aliphatic carbocycles. The Balaban J connectivity index is 1.49. The molecule has 1 unspecified atom stereocenters. The summed E-state index contributed by atoms with van der Waals surface area (Å²) < 4.78 is 10.7. The largest absolute Gasteiger partial charge is 0.496 e. The molecule has 3 aromatic rings. The molecular weight excluding hydrogens is 332 g/mol. The summed E-state index contributed by atoms with van der Waals surface area (Å²) in [6, 6.07) is 13.2. The van der Waals surface area contributed by atoms with Crippen LogP contribution in [0, 0.1) is 0 Å². The van der Waals surface area contributed by atoms with Crippen LogP contribution in [0.15, 0.2) is 53.2 Å². The summed E-state index contributed by atoms with van der Waals surface area (Å²) in [5.41, 5.74) is 1.60. The second-order valence-electron chi connectivity index (χ2n) is 6.16. The Morgan fingerprint density at radius 3 is 2.88 bits per heavy atom. The molecule has 0 bridgehead atoms. The summed E-state index contributed by atoms with van der Waals surface area (Å²) in [4.78, 5) is 22.9. The lowest BCUT2D eigenvalue weighted by Gasteiger charge is -2.17. The summed E-state index contributed by atoms with van der Waals surface area (Å²) in [6.07, 6.45) is 2.05. The van der Waals surface area contributed by atoms with Crippen LogP contribution in [0.3, 0.4) is 0 Å². The van der Waals surface area contributed by atoms with Gasteiger partial charge >= 0.3 is 0 Å². The van der Waals surface area contributed by atoms with Crippen LogP contribution >= 0.6 is 0 Å². The van der Waals surface area contributed by atoms with Gasteiger partial charge in [0.25, 0.3) is 5.89 Å². The van der Waals surface area contributed by atoms with Gasteiger partial charge in [0.2, 0.25) is 5.91 Å². The highest BCUT2D eigenvalue weighted by Gasteiger charge is 2.34. The number of methoxy groups -OCH3 is 1. The number of benzene rings is 1. The van der Waals surface area contributed by atoms with Crippen LogP contribution in [0.5, 0.6) is 5.75 Å². The van der Waals surface area contributed by atoms with Gasteiger partial charge in [0.1, 0.15) is 11.4 Å². The summed E-state index contributed by atoms with van der Waals surface area (Å²) in [5, 5.41) is 4.05. The molecule has 1 aliphatic heterocycles. The monoisotopic (exact) mass is 350 g/mol. The fourth-order valence-corrected chi connectivity index (χ4v) is 3.13. The Kier molecular flexibility index (Phi) is 4.35. The van der Waals surface area contributed by atoms with Crippen molar-refractivity contribution in [3.05, 3.63) is 60.0 Å². The van der Waals surface area contributed by atoms with E-state index in [1.165, 1.54) is 0 Å². The van der Waals surface area contributed by atoms with Crippen molar-refractivity contribution in [1.82, 2.24) is 20.0 Å². The van der Waals surface area contributed by atoms with Gasteiger partial charge in [-0.3, -0.25) is 9.78 Å². The minimum Gasteiger partial charge on any atom is -0.496 e. The lowest BCUT2D eigenvalue weighted by Crippen LogP contribution is -2.24. The molecule has 0 spiro atoms. The number of hydrogen-bond donors (Lipinski definition) is 0. The van der Waals surface area contributed by atoms with Gasteiger partial charge in [-0.2, -0.15) is 4.98 Å². The van der Waals surface area contributed by atoms with E-state index in [1.807, 2.05) is 42.5 Å². The van der Waals surface area contributed by atoms with E-state index in [0.717, 1.165) is 11.3 Å². The Morgan fingerprint density at radius 2 is 2.08 bits per heavy atom. The molecule has 1 aliphatic rings. The highest BCUT2D eigenvalue weighted by molar-refractivity contribution is 5.79. The van der Waals surface area contributed by atoms with E-state index < -0.39 is 0 Å². The summed E-state index contributed by atoms with van der Waals surface area (Å²) in [6.45, 7) is 1.06. The zero-order valence-corrected chi connectivity index (χ0v) is 14.3. The zero-order valence-electron chi connectivity index (χ0n) is 14.3. The molecule has 2 aromatic heterocycles. The highest BCUT2D eigenvalue weighted by Crippen LogP contribution is 2.30. The van der Waals surface area contributed by atoms with Gasteiger partial charge in [-0.25, -0.2) is 0 Å². The third kappa shape index (κ3) is 3.15. The second kappa shape index (κ2) is 6.95. The first-order chi connectivity index (χ1) is 12.7. The standard InChI is InChI=1S/C19H18N4O3/c1-25-16-8-3-2-6-13(16)11-23-12-14(10-17(23)24)18-21-19(26-22-18)15-7-4-5-9-20-15/h2-9,14H,10-12H2,1H3. The maximum Gasteiger partial charge on any atom is 0.276 e. The van der Waals surface area contributed by atoms with Crippen molar-refractivity contribution in [2.45, 2.75) is 18.9 Å². The second-order valence-corrected chi connectivity index (χ2v) is 6.16. The lowest BCUT2D eigenvalue weighted by molar-refractivity contribution is -0.128. The highest BCUT2D eigenvalue weighted by atomic mass is 16.5. The van der Waals surface area contributed by atoms with Gasteiger partial charge in [0, 0.05) is 37.2 Å². The minimum atomic E-state index is -0.0848. The van der Waals surface area contributed by atoms with E-state index in [-0.39, 0.29) is 11.8 Å². The Hall–Kier alpha value is -3.22. The molecule has 1 saturated heterocycles. The van der Waals surface area contributed by atoms with Crippen molar-refractivity contribution in [2.24, 2.45) is 0 Å². The van der Waals surface area contributed by atoms with E-state index in [1.54, 1.807) is 18.2 Å². The normalized spacial score (nSPS) is 16.9. The van der Waals surface area contributed by atoms with E-state index in [4.69, 9.17) is 9.26 Å². The van der Waals surface area contributed by atoms with Gasteiger partial charge in [-0.05, 0) is 18.2 Å². The predicted octanol–water partition coefficient (Wildman–Crippen LogP) is 2.66. The molecule has 132 valence electrons. The van der Waals surface area contributed by atoms with Crippen LogP contribution in [-0.2, 0) is 11.3 Å². The molecule has 0 saturated carbocycles. The molecule has 3 heterocycles. The number of rotatable bonds is 5. The summed E-state index contributed by atoms with van der Waals surface area (Å²) in [5.74, 6) is 1.68. The number of likely N-dealkylation sites (tertiary alicyclic amines) is 1. The first kappa shape index (κ1) is 16.3. The number of hydrogen-bond acceptors (Lipinski definition) is 6. The quantitative estimate of drug-likeness (QED) is 0.704. The Morgan fingerprint density at radius 1 is 1.23 bits per heavy atom. The SMILES string of the molecule is COc1ccccc1CN1CC(c2noc(-c3ccccn3)n2)CC1=O. The van der Waals surface area contributed by atoms with E-state index >= 15 is 0 Å². The van der Waals surface area contributed by atoms with Crippen molar-refractivity contribution in [3.8, 4) is 17.3 Å². The maximum atomic E-state index is 12.4. The van der Waals surface area contributed by atoms with Gasteiger partial charge < -0.3 is 14.2 Å². The number of nitrogens with zero attached hydrogens (tertiary/aromatic N) is 4. The number of ether oxygens (including phenoxy) is 1. The van der Waals surface area contributed by atoms with Gasteiger partial charge in [-0.15, -0.1) is 0 Å². The molecule has 1 fully saturated rings. The van der Waals surface area contributed by atoms with Gasteiger partial charge in [0.05, 0.1) is 7.11 Å². The fraction of sp³-hybridized carbons (Fsp3) is 0.263. The molecular formula is C19H18N4O3. The Labute approximate surface area is 150 Å². The van der Waals surface area contributed by atoms with Crippen LogP contribution in [0.1, 0.15) is 23.7 Å². The molecule has 1 atom stereocenters. The molecule has 7 nitrogen and oxygen atoms in total. The number of para-hydroxylation sites is 1. The summed E-state index contributed by atoms with van der Waals surface area (Å²) >= 11 is 0. The van der Waals surface area contributed by atoms with Crippen LogP contribution in [0.25, 0.3) is 11.6 Å². The number of aromatic nitrogens is 3. The number of pyridine rings is 1. The first-order valence-electron chi connectivity index (χ1n) is 8.39. The van der Waals surface area contributed by atoms with Crippen molar-refractivity contribution in [3.63, 3.8) is 0 Å². The average molecular weight is 350 g/mol. The minimum absolute atomic E-state index is 0.0742. The van der Waals surface area contributed by atoms with Crippen molar-refractivity contribution >= 4 is 5.91 Å². The van der Waals surface area contributed by atoms with Crippen molar-refractivity contribution in [1.29, 1.82) is 0 Å². The Bertz CT molecular complexity index is 910. The molecule has 1 aromatic carbocycles. The molecule has 1 amide bonds. The lowest BCUT2D eigenvalue weighted by atomic mass is 10.1. The van der Waals surface area contributed by atoms with E-state index in [0.29, 0.717) is 36.9 Å².